The highest BCUT2D eigenvalue weighted by molar-refractivity contribution is 6.04. The summed E-state index contributed by atoms with van der Waals surface area (Å²) in [5.74, 6) is -0.309. The number of rotatable bonds is 1. The zero-order valence-electron chi connectivity index (χ0n) is 6.70. The van der Waals surface area contributed by atoms with Gasteiger partial charge in [-0.25, -0.2) is 4.79 Å². The van der Waals surface area contributed by atoms with Gasteiger partial charge in [-0.15, -0.1) is 0 Å². The molecule has 1 aliphatic rings. The van der Waals surface area contributed by atoms with Crippen molar-refractivity contribution < 1.29 is 9.59 Å². The van der Waals surface area contributed by atoms with Crippen LogP contribution in [0.2, 0.25) is 0 Å². The van der Waals surface area contributed by atoms with Gasteiger partial charge in [-0.3, -0.25) is 10.1 Å². The first-order valence-electron chi connectivity index (χ1n) is 3.85. The molecule has 0 aromatic heterocycles. The smallest absolute Gasteiger partial charge is 0.322 e. The van der Waals surface area contributed by atoms with Crippen LogP contribution >= 0.6 is 0 Å². The minimum atomic E-state index is -0.554. The van der Waals surface area contributed by atoms with Crippen molar-refractivity contribution in [1.82, 2.24) is 10.6 Å². The largest absolute Gasteiger partial charge is 0.322 e. The number of hydrogen-bond acceptors (Lipinski definition) is 2. The molecule has 65 valence electrons. The number of imide groups is 1. The topological polar surface area (TPSA) is 58.2 Å². The lowest BCUT2D eigenvalue weighted by atomic mass is 10.1. The van der Waals surface area contributed by atoms with Crippen LogP contribution in [0.3, 0.4) is 0 Å². The summed E-state index contributed by atoms with van der Waals surface area (Å²) in [6, 6.07) is 8.74. The van der Waals surface area contributed by atoms with Crippen molar-refractivity contribution >= 4 is 11.9 Å². The second-order valence-electron chi connectivity index (χ2n) is 2.73. The Labute approximate surface area is 74.9 Å². The highest BCUT2D eigenvalue weighted by Gasteiger charge is 2.30. The molecule has 1 aromatic carbocycles. The highest BCUT2D eigenvalue weighted by Crippen LogP contribution is 2.14. The third kappa shape index (κ3) is 1.38. The monoisotopic (exact) mass is 175 g/mol. The average molecular weight is 175 g/mol. The molecule has 1 radical (unpaired) electrons. The summed E-state index contributed by atoms with van der Waals surface area (Å²) in [5, 5.41) is 4.67. The summed E-state index contributed by atoms with van der Waals surface area (Å²) in [7, 11) is 0. The van der Waals surface area contributed by atoms with Gasteiger partial charge in [0.2, 0.25) is 0 Å². The Balaban J connectivity index is 2.28. The van der Waals surface area contributed by atoms with Crippen molar-refractivity contribution in [2.24, 2.45) is 0 Å². The van der Waals surface area contributed by atoms with E-state index in [1.165, 1.54) is 0 Å². The summed E-state index contributed by atoms with van der Waals surface area (Å²) in [6.45, 7) is 0. The van der Waals surface area contributed by atoms with E-state index in [9.17, 15) is 9.59 Å². The summed E-state index contributed by atoms with van der Waals surface area (Å²) in [5.41, 5.74) is 0.766. The van der Waals surface area contributed by atoms with Gasteiger partial charge in [-0.05, 0) is 11.6 Å². The molecule has 1 fully saturated rings. The number of hydrogen-bond donors (Lipinski definition) is 2. The van der Waals surface area contributed by atoms with Crippen LogP contribution < -0.4 is 10.6 Å². The van der Waals surface area contributed by atoms with E-state index in [-0.39, 0.29) is 5.91 Å². The molecule has 1 heterocycles. The van der Waals surface area contributed by atoms with E-state index in [0.717, 1.165) is 5.56 Å². The predicted octanol–water partition coefficient (Wildman–Crippen LogP) is 0.367. The molecule has 2 rings (SSSR count). The van der Waals surface area contributed by atoms with Crippen molar-refractivity contribution in [3.05, 3.63) is 35.9 Å². The summed E-state index contributed by atoms with van der Waals surface area (Å²) in [6.07, 6.45) is 0. The molecule has 0 aliphatic carbocycles. The lowest BCUT2D eigenvalue weighted by Crippen LogP contribution is -2.22. The number of amides is 3. The van der Waals surface area contributed by atoms with E-state index in [2.05, 4.69) is 16.7 Å². The first kappa shape index (κ1) is 7.79. The summed E-state index contributed by atoms with van der Waals surface area (Å²) >= 11 is 0. The lowest BCUT2D eigenvalue weighted by molar-refractivity contribution is -0.120. The van der Waals surface area contributed by atoms with Gasteiger partial charge < -0.3 is 5.32 Å². The molecule has 13 heavy (non-hydrogen) atoms. The first-order valence-corrected chi connectivity index (χ1v) is 3.85. The van der Waals surface area contributed by atoms with E-state index >= 15 is 0 Å². The number of carbonyl (C=O) groups excluding carboxylic acids is 2. The SMILES string of the molecule is O=C1NC(=O)C(c2cc[c]cc2)N1. The molecular formula is C9H7N2O2. The number of urea groups is 1. The van der Waals surface area contributed by atoms with Gasteiger partial charge in [0.05, 0.1) is 0 Å². The molecule has 4 nitrogen and oxygen atoms in total. The molecule has 0 bridgehead atoms. The number of nitrogens with one attached hydrogen (secondary N) is 2. The minimum absolute atomic E-state index is 0.309. The average Bonchev–Trinajstić information content (AvgIpc) is 2.47. The Kier molecular flexibility index (Phi) is 1.73. The van der Waals surface area contributed by atoms with Crippen molar-refractivity contribution in [3.8, 4) is 0 Å². The van der Waals surface area contributed by atoms with Gasteiger partial charge in [0.15, 0.2) is 0 Å². The van der Waals surface area contributed by atoms with Crippen LogP contribution in [0.15, 0.2) is 24.3 Å². The number of benzene rings is 1. The fraction of sp³-hybridized carbons (Fsp3) is 0.111. The van der Waals surface area contributed by atoms with Crippen LogP contribution in [0.4, 0.5) is 4.79 Å². The molecule has 1 saturated heterocycles. The second kappa shape index (κ2) is 2.90. The molecule has 0 spiro atoms. The van der Waals surface area contributed by atoms with Crippen molar-refractivity contribution in [2.45, 2.75) is 6.04 Å². The Morgan fingerprint density at radius 3 is 2.46 bits per heavy atom. The van der Waals surface area contributed by atoms with Crippen molar-refractivity contribution in [1.29, 1.82) is 0 Å². The highest BCUT2D eigenvalue weighted by atomic mass is 16.2. The van der Waals surface area contributed by atoms with Crippen molar-refractivity contribution in [2.75, 3.05) is 0 Å². The molecule has 1 aromatic rings. The Bertz CT molecular complexity index is 348. The maximum absolute atomic E-state index is 11.2. The third-order valence-corrected chi connectivity index (χ3v) is 1.85. The van der Waals surface area contributed by atoms with Crippen LogP contribution in [0.1, 0.15) is 11.6 Å². The standard InChI is InChI=1S/C9H7N2O2/c12-8-7(10-9(13)11-8)6-4-2-1-3-5-6/h2-5,7H,(H2,10,11,12,13). The molecule has 1 unspecified atom stereocenters. The first-order chi connectivity index (χ1) is 6.27. The molecule has 2 N–H and O–H groups in total. The van der Waals surface area contributed by atoms with E-state index in [1.807, 2.05) is 0 Å². The predicted molar refractivity (Wildman–Crippen MR) is 44.7 cm³/mol. The Hall–Kier alpha value is -1.84. The van der Waals surface area contributed by atoms with E-state index in [1.54, 1.807) is 24.3 Å². The molecule has 3 amide bonds. The van der Waals surface area contributed by atoms with Gasteiger partial charge in [0.1, 0.15) is 6.04 Å². The zero-order chi connectivity index (χ0) is 9.26. The van der Waals surface area contributed by atoms with Crippen LogP contribution in [0, 0.1) is 6.07 Å². The van der Waals surface area contributed by atoms with Crippen LogP contribution in [0.5, 0.6) is 0 Å². The Morgan fingerprint density at radius 2 is 1.92 bits per heavy atom. The van der Waals surface area contributed by atoms with E-state index in [0.29, 0.717) is 0 Å². The quantitative estimate of drug-likeness (QED) is 0.606. The summed E-state index contributed by atoms with van der Waals surface area (Å²) in [4.78, 5) is 22.0. The van der Waals surface area contributed by atoms with Crippen LogP contribution in [0.25, 0.3) is 0 Å². The lowest BCUT2D eigenvalue weighted by Gasteiger charge is -2.05. The molecular weight excluding hydrogens is 168 g/mol. The molecule has 1 aliphatic heterocycles. The minimum Gasteiger partial charge on any atom is -0.322 e. The molecule has 0 saturated carbocycles. The normalized spacial score (nSPS) is 21.1. The Morgan fingerprint density at radius 1 is 1.23 bits per heavy atom. The molecule has 4 heteroatoms. The fourth-order valence-corrected chi connectivity index (χ4v) is 1.24. The summed E-state index contributed by atoms with van der Waals surface area (Å²) < 4.78 is 0. The maximum Gasteiger partial charge on any atom is 0.322 e. The molecule has 1 atom stereocenters. The maximum atomic E-state index is 11.2. The van der Waals surface area contributed by atoms with Gasteiger partial charge in [-0.2, -0.15) is 0 Å². The zero-order valence-corrected chi connectivity index (χ0v) is 6.70. The van der Waals surface area contributed by atoms with Crippen LogP contribution in [-0.2, 0) is 4.79 Å². The van der Waals surface area contributed by atoms with E-state index in [4.69, 9.17) is 0 Å². The van der Waals surface area contributed by atoms with Gasteiger partial charge in [-0.1, -0.05) is 24.3 Å². The van der Waals surface area contributed by atoms with Gasteiger partial charge in [0, 0.05) is 0 Å². The third-order valence-electron chi connectivity index (χ3n) is 1.85. The van der Waals surface area contributed by atoms with Crippen LogP contribution in [-0.4, -0.2) is 11.9 Å². The van der Waals surface area contributed by atoms with Crippen molar-refractivity contribution in [3.63, 3.8) is 0 Å². The van der Waals surface area contributed by atoms with Gasteiger partial charge in [0.25, 0.3) is 5.91 Å². The number of carbonyl (C=O) groups is 2. The fourth-order valence-electron chi connectivity index (χ4n) is 1.24. The van der Waals surface area contributed by atoms with E-state index < -0.39 is 12.1 Å². The van der Waals surface area contributed by atoms with Gasteiger partial charge >= 0.3 is 6.03 Å². The second-order valence-corrected chi connectivity index (χ2v) is 2.73.